The predicted molar refractivity (Wildman–Crippen MR) is 89.1 cm³/mol. The number of Topliss-reactive ketones (excluding diaryl/α,β-unsaturated/α-hetero) is 1. The van der Waals surface area contributed by atoms with Crippen LogP contribution >= 0.6 is 0 Å². The Hall–Kier alpha value is -1.29. The van der Waals surface area contributed by atoms with Crippen molar-refractivity contribution in [2.24, 2.45) is 22.7 Å². The summed E-state index contributed by atoms with van der Waals surface area (Å²) in [5.41, 5.74) is 3.32. The van der Waals surface area contributed by atoms with Crippen molar-refractivity contribution in [2.75, 3.05) is 0 Å². The van der Waals surface area contributed by atoms with E-state index in [2.05, 4.69) is 25.0 Å². The van der Waals surface area contributed by atoms with Crippen LogP contribution in [0.15, 0.2) is 23.3 Å². The van der Waals surface area contributed by atoms with Gasteiger partial charge in [-0.2, -0.15) is 0 Å². The van der Waals surface area contributed by atoms with Crippen molar-refractivity contribution in [3.8, 4) is 12.3 Å². The van der Waals surface area contributed by atoms with E-state index in [1.807, 2.05) is 0 Å². The van der Waals surface area contributed by atoms with Crippen molar-refractivity contribution >= 4 is 5.78 Å². The Morgan fingerprint density at radius 1 is 1.32 bits per heavy atom. The first-order valence-electron chi connectivity index (χ1n) is 8.99. The van der Waals surface area contributed by atoms with Crippen molar-refractivity contribution in [3.63, 3.8) is 0 Å². The van der Waals surface area contributed by atoms with Gasteiger partial charge in [0.15, 0.2) is 0 Å². The topological polar surface area (TPSA) is 17.1 Å². The third-order valence-corrected chi connectivity index (χ3v) is 7.26. The third-order valence-electron chi connectivity index (χ3n) is 7.26. The molecule has 4 aliphatic rings. The molecule has 2 fully saturated rings. The molecule has 0 bridgehead atoms. The summed E-state index contributed by atoms with van der Waals surface area (Å²) in [7, 11) is 0. The molecule has 22 heavy (non-hydrogen) atoms. The second-order valence-corrected chi connectivity index (χ2v) is 8.08. The summed E-state index contributed by atoms with van der Waals surface area (Å²) in [5.74, 6) is 4.67. The minimum atomic E-state index is -0.0820. The number of terminal acetylenes is 1. The maximum Gasteiger partial charge on any atom is 0.139 e. The Morgan fingerprint density at radius 2 is 2.18 bits per heavy atom. The lowest BCUT2D eigenvalue weighted by molar-refractivity contribution is -0.127. The first kappa shape index (κ1) is 14.3. The second kappa shape index (κ2) is 4.85. The van der Waals surface area contributed by atoms with Crippen molar-refractivity contribution < 1.29 is 4.79 Å². The number of ketones is 1. The first-order chi connectivity index (χ1) is 10.6. The summed E-state index contributed by atoms with van der Waals surface area (Å²) < 4.78 is 0. The van der Waals surface area contributed by atoms with E-state index in [4.69, 9.17) is 6.42 Å². The summed E-state index contributed by atoms with van der Waals surface area (Å²) in [6, 6.07) is 0. The molecule has 0 aromatic carbocycles. The molecule has 4 rings (SSSR count). The van der Waals surface area contributed by atoms with Gasteiger partial charge in [-0.3, -0.25) is 4.79 Å². The number of hydrogen-bond donors (Lipinski definition) is 0. The Balaban J connectivity index is 1.81. The monoisotopic (exact) mass is 294 g/mol. The van der Waals surface area contributed by atoms with E-state index in [1.54, 1.807) is 11.1 Å². The third kappa shape index (κ3) is 1.70. The van der Waals surface area contributed by atoms with Crippen molar-refractivity contribution in [2.45, 2.75) is 64.7 Å². The van der Waals surface area contributed by atoms with Crippen LogP contribution < -0.4 is 0 Å². The van der Waals surface area contributed by atoms with E-state index in [-0.39, 0.29) is 10.8 Å². The zero-order chi connectivity index (χ0) is 15.4. The van der Waals surface area contributed by atoms with Crippen LogP contribution in [0.5, 0.6) is 0 Å². The molecular formula is C21H26O. The number of rotatable bonds is 1. The molecule has 0 N–H and O–H groups in total. The average Bonchev–Trinajstić information content (AvgIpc) is 2.83. The fourth-order valence-corrected chi connectivity index (χ4v) is 6.10. The molecule has 4 aliphatic carbocycles. The minimum absolute atomic E-state index is 0.0820. The smallest absolute Gasteiger partial charge is 0.139 e. The SMILES string of the molecule is C#CC[C@]12CCCC=C1CCC1C2=CCC2(C)C(=O)CCC12. The molecule has 1 nitrogen and oxygen atoms in total. The van der Waals surface area contributed by atoms with Gasteiger partial charge in [0.05, 0.1) is 0 Å². The van der Waals surface area contributed by atoms with Crippen LogP contribution in [0.4, 0.5) is 0 Å². The summed E-state index contributed by atoms with van der Waals surface area (Å²) in [4.78, 5) is 12.4. The summed E-state index contributed by atoms with van der Waals surface area (Å²) in [5, 5.41) is 0. The van der Waals surface area contributed by atoms with Gasteiger partial charge in [0, 0.05) is 23.7 Å². The first-order valence-corrected chi connectivity index (χ1v) is 8.99. The minimum Gasteiger partial charge on any atom is -0.299 e. The zero-order valence-electron chi connectivity index (χ0n) is 13.7. The van der Waals surface area contributed by atoms with Crippen LogP contribution in [0.3, 0.4) is 0 Å². The maximum absolute atomic E-state index is 12.4. The quantitative estimate of drug-likeness (QED) is 0.500. The van der Waals surface area contributed by atoms with Crippen molar-refractivity contribution in [1.82, 2.24) is 0 Å². The lowest BCUT2D eigenvalue weighted by Gasteiger charge is -2.53. The van der Waals surface area contributed by atoms with Gasteiger partial charge < -0.3 is 0 Å². The number of fused-ring (bicyclic) bond motifs is 5. The summed E-state index contributed by atoms with van der Waals surface area (Å²) in [6.45, 7) is 2.22. The van der Waals surface area contributed by atoms with Gasteiger partial charge >= 0.3 is 0 Å². The predicted octanol–water partition coefficient (Wildman–Crippen LogP) is 4.83. The molecule has 0 saturated heterocycles. The average molecular weight is 294 g/mol. The van der Waals surface area contributed by atoms with E-state index in [0.717, 1.165) is 25.7 Å². The van der Waals surface area contributed by atoms with E-state index >= 15 is 0 Å². The Labute approximate surface area is 134 Å². The highest BCUT2D eigenvalue weighted by molar-refractivity contribution is 5.87. The van der Waals surface area contributed by atoms with Gasteiger partial charge in [-0.1, -0.05) is 30.2 Å². The van der Waals surface area contributed by atoms with Crippen LogP contribution in [-0.2, 0) is 4.79 Å². The lowest BCUT2D eigenvalue weighted by Crippen LogP contribution is -2.45. The van der Waals surface area contributed by atoms with Gasteiger partial charge in [-0.25, -0.2) is 0 Å². The Kier molecular flexibility index (Phi) is 3.16. The van der Waals surface area contributed by atoms with E-state index < -0.39 is 0 Å². The molecule has 0 aromatic heterocycles. The lowest BCUT2D eigenvalue weighted by atomic mass is 9.50. The van der Waals surface area contributed by atoms with Crippen LogP contribution in [0.2, 0.25) is 0 Å². The fourth-order valence-electron chi connectivity index (χ4n) is 6.10. The Bertz CT molecular complexity index is 616. The van der Waals surface area contributed by atoms with Crippen LogP contribution in [0.1, 0.15) is 64.7 Å². The standard InChI is InChI=1S/C21H26O/c1-3-12-21-13-5-4-6-15(21)7-8-16-17-9-10-19(22)20(17,2)14-11-18(16)21/h1,6,11,16-17H,4-5,7-10,12-14H2,2H3/t16?,17?,20?,21-/m0/s1. The van der Waals surface area contributed by atoms with Gasteiger partial charge in [-0.15, -0.1) is 12.3 Å². The molecule has 4 atom stereocenters. The molecule has 0 radical (unpaired) electrons. The highest BCUT2D eigenvalue weighted by Gasteiger charge is 2.56. The summed E-state index contributed by atoms with van der Waals surface area (Å²) >= 11 is 0. The normalized spacial score (nSPS) is 43.4. The molecule has 0 heterocycles. The molecule has 1 heteroatoms. The van der Waals surface area contributed by atoms with Gasteiger partial charge in [-0.05, 0) is 56.8 Å². The highest BCUT2D eigenvalue weighted by atomic mass is 16.1. The molecule has 0 aliphatic heterocycles. The largest absolute Gasteiger partial charge is 0.299 e. The molecule has 0 amide bonds. The molecule has 3 unspecified atom stereocenters. The number of carbonyl (C=O) groups is 1. The van der Waals surface area contributed by atoms with Gasteiger partial charge in [0.25, 0.3) is 0 Å². The van der Waals surface area contributed by atoms with Crippen molar-refractivity contribution in [1.29, 1.82) is 0 Å². The number of hydrogen-bond acceptors (Lipinski definition) is 1. The van der Waals surface area contributed by atoms with Crippen LogP contribution in [-0.4, -0.2) is 5.78 Å². The zero-order valence-corrected chi connectivity index (χ0v) is 13.7. The van der Waals surface area contributed by atoms with E-state index in [1.165, 1.54) is 32.1 Å². The molecule has 0 spiro atoms. The molecule has 2 saturated carbocycles. The van der Waals surface area contributed by atoms with Crippen molar-refractivity contribution in [3.05, 3.63) is 23.3 Å². The van der Waals surface area contributed by atoms with E-state index in [0.29, 0.717) is 17.6 Å². The van der Waals surface area contributed by atoms with Gasteiger partial charge in [0.2, 0.25) is 0 Å². The van der Waals surface area contributed by atoms with E-state index in [9.17, 15) is 4.79 Å². The summed E-state index contributed by atoms with van der Waals surface area (Å²) in [6.07, 6.45) is 20.5. The van der Waals surface area contributed by atoms with Crippen LogP contribution in [0, 0.1) is 35.0 Å². The maximum atomic E-state index is 12.4. The number of allylic oxidation sites excluding steroid dienone is 4. The molecule has 116 valence electrons. The Morgan fingerprint density at radius 3 is 3.00 bits per heavy atom. The number of carbonyl (C=O) groups excluding carboxylic acids is 1. The van der Waals surface area contributed by atoms with Crippen LogP contribution in [0.25, 0.3) is 0 Å². The van der Waals surface area contributed by atoms with Gasteiger partial charge in [0.1, 0.15) is 5.78 Å². The molecular weight excluding hydrogens is 268 g/mol. The second-order valence-electron chi connectivity index (χ2n) is 8.08. The highest BCUT2D eigenvalue weighted by Crippen LogP contribution is 2.63. The fraction of sp³-hybridized carbons (Fsp3) is 0.667. The molecule has 0 aromatic rings.